The Hall–Kier alpha value is -0.860. The number of nitrogens with two attached hydrogens (primary N) is 1. The molecule has 0 amide bonds. The number of likely N-dealkylation sites (tertiary alicyclic amines) is 1. The van der Waals surface area contributed by atoms with E-state index in [1.54, 1.807) is 0 Å². The zero-order chi connectivity index (χ0) is 10.7. The maximum absolute atomic E-state index is 6.03. The first-order valence-corrected chi connectivity index (χ1v) is 5.72. The maximum atomic E-state index is 6.03. The number of rotatable bonds is 2. The van der Waals surface area contributed by atoms with Crippen molar-refractivity contribution in [2.45, 2.75) is 18.9 Å². The van der Waals surface area contributed by atoms with Crippen LogP contribution < -0.4 is 5.73 Å². The normalized spacial score (nSPS) is 27.9. The molecule has 0 bridgehead atoms. The number of nitrogens with zero attached hydrogens (tertiary/aromatic N) is 1. The van der Waals surface area contributed by atoms with Gasteiger partial charge in [0, 0.05) is 19.1 Å². The molecule has 2 unspecified atom stereocenters. The van der Waals surface area contributed by atoms with Crippen LogP contribution in [0.15, 0.2) is 30.3 Å². The van der Waals surface area contributed by atoms with E-state index in [0.717, 1.165) is 12.5 Å². The van der Waals surface area contributed by atoms with Gasteiger partial charge in [0.2, 0.25) is 0 Å². The van der Waals surface area contributed by atoms with Crippen molar-refractivity contribution in [2.75, 3.05) is 20.1 Å². The van der Waals surface area contributed by atoms with Gasteiger partial charge in [0.05, 0.1) is 0 Å². The molecule has 1 fully saturated rings. The molecule has 1 heterocycles. The standard InChI is InChI=1S/C13H20N2/c1-15-9-12(8-13(14)10-15)7-11-5-3-2-4-6-11/h2-6,12-13H,7-10,14H2,1H3. The summed E-state index contributed by atoms with van der Waals surface area (Å²) in [4.78, 5) is 2.35. The van der Waals surface area contributed by atoms with Crippen molar-refractivity contribution in [3.8, 4) is 0 Å². The van der Waals surface area contributed by atoms with Crippen LogP contribution in [0.1, 0.15) is 12.0 Å². The Balaban J connectivity index is 1.94. The van der Waals surface area contributed by atoms with Gasteiger partial charge in [-0.3, -0.25) is 0 Å². The Bertz CT molecular complexity index is 287. The highest BCUT2D eigenvalue weighted by atomic mass is 15.1. The van der Waals surface area contributed by atoms with Crippen LogP contribution in [0.5, 0.6) is 0 Å². The molecule has 0 aromatic heterocycles. The summed E-state index contributed by atoms with van der Waals surface area (Å²) < 4.78 is 0. The largest absolute Gasteiger partial charge is 0.327 e. The molecule has 0 saturated carbocycles. The maximum Gasteiger partial charge on any atom is 0.0170 e. The molecule has 1 saturated heterocycles. The van der Waals surface area contributed by atoms with Crippen molar-refractivity contribution in [2.24, 2.45) is 11.7 Å². The quantitative estimate of drug-likeness (QED) is 0.791. The van der Waals surface area contributed by atoms with Gasteiger partial charge in [-0.1, -0.05) is 30.3 Å². The first-order chi connectivity index (χ1) is 7.24. The van der Waals surface area contributed by atoms with Crippen LogP contribution in [0.4, 0.5) is 0 Å². The molecule has 2 N–H and O–H groups in total. The van der Waals surface area contributed by atoms with Crippen LogP contribution in [-0.4, -0.2) is 31.1 Å². The highest BCUT2D eigenvalue weighted by molar-refractivity contribution is 5.15. The van der Waals surface area contributed by atoms with Gasteiger partial charge < -0.3 is 10.6 Å². The predicted molar refractivity (Wildman–Crippen MR) is 63.7 cm³/mol. The second-order valence-corrected chi connectivity index (χ2v) is 4.77. The molecular formula is C13H20N2. The summed E-state index contributed by atoms with van der Waals surface area (Å²) in [6.45, 7) is 2.23. The molecule has 2 nitrogen and oxygen atoms in total. The summed E-state index contributed by atoms with van der Waals surface area (Å²) in [5, 5.41) is 0. The summed E-state index contributed by atoms with van der Waals surface area (Å²) in [5.74, 6) is 0.723. The van der Waals surface area contributed by atoms with Crippen molar-refractivity contribution >= 4 is 0 Å². The lowest BCUT2D eigenvalue weighted by Crippen LogP contribution is -2.45. The fourth-order valence-electron chi connectivity index (χ4n) is 2.59. The zero-order valence-electron chi connectivity index (χ0n) is 9.39. The predicted octanol–water partition coefficient (Wildman–Crippen LogP) is 1.51. The van der Waals surface area contributed by atoms with Crippen molar-refractivity contribution in [3.63, 3.8) is 0 Å². The third-order valence-electron chi connectivity index (χ3n) is 3.12. The van der Waals surface area contributed by atoms with E-state index in [1.165, 1.54) is 24.9 Å². The molecule has 1 aromatic rings. The minimum absolute atomic E-state index is 0.359. The van der Waals surface area contributed by atoms with E-state index in [2.05, 4.69) is 42.3 Å². The lowest BCUT2D eigenvalue weighted by Gasteiger charge is -2.33. The van der Waals surface area contributed by atoms with E-state index in [9.17, 15) is 0 Å². The Morgan fingerprint density at radius 1 is 1.27 bits per heavy atom. The smallest absolute Gasteiger partial charge is 0.0170 e. The lowest BCUT2D eigenvalue weighted by molar-refractivity contribution is 0.188. The van der Waals surface area contributed by atoms with Gasteiger partial charge in [-0.15, -0.1) is 0 Å². The van der Waals surface area contributed by atoms with E-state index >= 15 is 0 Å². The highest BCUT2D eigenvalue weighted by Crippen LogP contribution is 2.19. The molecule has 0 radical (unpaired) electrons. The van der Waals surface area contributed by atoms with Gasteiger partial charge in [0.1, 0.15) is 0 Å². The second-order valence-electron chi connectivity index (χ2n) is 4.77. The third kappa shape index (κ3) is 3.05. The van der Waals surface area contributed by atoms with Crippen molar-refractivity contribution in [3.05, 3.63) is 35.9 Å². The number of hydrogen-bond donors (Lipinski definition) is 1. The molecule has 2 heteroatoms. The van der Waals surface area contributed by atoms with Gasteiger partial charge >= 0.3 is 0 Å². The van der Waals surface area contributed by atoms with Crippen molar-refractivity contribution < 1.29 is 0 Å². The fraction of sp³-hybridized carbons (Fsp3) is 0.538. The van der Waals surface area contributed by atoms with Crippen LogP contribution in [0.3, 0.4) is 0 Å². The minimum Gasteiger partial charge on any atom is -0.327 e. The number of hydrogen-bond acceptors (Lipinski definition) is 2. The summed E-state index contributed by atoms with van der Waals surface area (Å²) in [6.07, 6.45) is 2.33. The Kier molecular flexibility index (Phi) is 3.39. The molecule has 1 aromatic carbocycles. The summed E-state index contributed by atoms with van der Waals surface area (Å²) in [5.41, 5.74) is 7.46. The number of likely N-dealkylation sites (N-methyl/N-ethyl adjacent to an activating group) is 1. The fourth-order valence-corrected chi connectivity index (χ4v) is 2.59. The second kappa shape index (κ2) is 4.77. The Morgan fingerprint density at radius 3 is 2.67 bits per heavy atom. The first kappa shape index (κ1) is 10.7. The van der Waals surface area contributed by atoms with E-state index < -0.39 is 0 Å². The molecule has 1 aliphatic rings. The van der Waals surface area contributed by atoms with Crippen molar-refractivity contribution in [1.29, 1.82) is 0 Å². The summed E-state index contributed by atoms with van der Waals surface area (Å²) in [7, 11) is 2.16. The summed E-state index contributed by atoms with van der Waals surface area (Å²) in [6, 6.07) is 11.1. The van der Waals surface area contributed by atoms with Gasteiger partial charge in [-0.2, -0.15) is 0 Å². The molecule has 0 spiro atoms. The van der Waals surface area contributed by atoms with Crippen LogP contribution in [0, 0.1) is 5.92 Å². The van der Waals surface area contributed by atoms with E-state index in [4.69, 9.17) is 5.73 Å². The SMILES string of the molecule is CN1CC(N)CC(Cc2ccccc2)C1. The Labute approximate surface area is 92.1 Å². The topological polar surface area (TPSA) is 29.3 Å². The minimum atomic E-state index is 0.359. The molecule has 2 atom stereocenters. The van der Waals surface area contributed by atoms with E-state index in [-0.39, 0.29) is 0 Å². The molecule has 82 valence electrons. The molecule has 1 aliphatic heterocycles. The van der Waals surface area contributed by atoms with Gasteiger partial charge in [0.25, 0.3) is 0 Å². The van der Waals surface area contributed by atoms with Gasteiger partial charge in [-0.05, 0) is 31.4 Å². The zero-order valence-corrected chi connectivity index (χ0v) is 9.39. The van der Waals surface area contributed by atoms with Crippen LogP contribution >= 0.6 is 0 Å². The average molecular weight is 204 g/mol. The molecule has 0 aliphatic carbocycles. The van der Waals surface area contributed by atoms with Gasteiger partial charge in [-0.25, -0.2) is 0 Å². The monoisotopic (exact) mass is 204 g/mol. The van der Waals surface area contributed by atoms with Crippen LogP contribution in [0.25, 0.3) is 0 Å². The van der Waals surface area contributed by atoms with Crippen molar-refractivity contribution in [1.82, 2.24) is 4.90 Å². The van der Waals surface area contributed by atoms with Crippen LogP contribution in [-0.2, 0) is 6.42 Å². The highest BCUT2D eigenvalue weighted by Gasteiger charge is 2.22. The van der Waals surface area contributed by atoms with E-state index in [1.807, 2.05) is 0 Å². The van der Waals surface area contributed by atoms with Crippen LogP contribution in [0.2, 0.25) is 0 Å². The Morgan fingerprint density at radius 2 is 2.00 bits per heavy atom. The van der Waals surface area contributed by atoms with Gasteiger partial charge in [0.15, 0.2) is 0 Å². The summed E-state index contributed by atoms with van der Waals surface area (Å²) >= 11 is 0. The number of piperidine rings is 1. The third-order valence-corrected chi connectivity index (χ3v) is 3.12. The molecule has 15 heavy (non-hydrogen) atoms. The first-order valence-electron chi connectivity index (χ1n) is 5.72. The molecular weight excluding hydrogens is 184 g/mol. The number of benzene rings is 1. The average Bonchev–Trinajstić information content (AvgIpc) is 2.17. The molecule has 2 rings (SSSR count). The lowest BCUT2D eigenvalue weighted by atomic mass is 9.89. The van der Waals surface area contributed by atoms with E-state index in [0.29, 0.717) is 6.04 Å².